The number of anilines is 2. The van der Waals surface area contributed by atoms with Crippen molar-refractivity contribution in [3.05, 3.63) is 23.8 Å². The maximum Gasteiger partial charge on any atom is 0.242 e. The maximum atomic E-state index is 11.3. The Bertz CT molecular complexity index is 467. The molecule has 1 aliphatic rings. The first-order chi connectivity index (χ1) is 7.58. The molecular weight excluding hydrogens is 204 g/mol. The van der Waals surface area contributed by atoms with Gasteiger partial charge in [-0.2, -0.15) is 5.10 Å². The molecule has 0 saturated heterocycles. The summed E-state index contributed by atoms with van der Waals surface area (Å²) in [7, 11) is 1.65. The van der Waals surface area contributed by atoms with Crippen molar-refractivity contribution in [1.29, 1.82) is 0 Å². The summed E-state index contributed by atoms with van der Waals surface area (Å²) in [6.07, 6.45) is 1.13. The summed E-state index contributed by atoms with van der Waals surface area (Å²) in [4.78, 5) is 11.3. The molecule has 0 spiro atoms. The van der Waals surface area contributed by atoms with E-state index in [4.69, 9.17) is 11.5 Å². The van der Waals surface area contributed by atoms with Crippen LogP contribution in [0, 0.1) is 0 Å². The van der Waals surface area contributed by atoms with E-state index < -0.39 is 0 Å². The van der Waals surface area contributed by atoms with Crippen molar-refractivity contribution in [1.82, 2.24) is 5.01 Å². The summed E-state index contributed by atoms with van der Waals surface area (Å²) in [5, 5.41) is 5.57. The molecule has 0 aliphatic carbocycles. The van der Waals surface area contributed by atoms with Crippen LogP contribution in [0.1, 0.15) is 18.4 Å². The van der Waals surface area contributed by atoms with Crippen LogP contribution in [0.4, 0.5) is 11.4 Å². The number of nitrogens with two attached hydrogens (primary N) is 2. The highest BCUT2D eigenvalue weighted by molar-refractivity contribution is 6.05. The number of hydrogen-bond donors (Lipinski definition) is 2. The van der Waals surface area contributed by atoms with Crippen LogP contribution in [-0.2, 0) is 4.79 Å². The van der Waals surface area contributed by atoms with Crippen LogP contribution in [-0.4, -0.2) is 23.7 Å². The van der Waals surface area contributed by atoms with E-state index in [1.54, 1.807) is 19.2 Å². The van der Waals surface area contributed by atoms with Crippen LogP contribution < -0.4 is 11.5 Å². The van der Waals surface area contributed by atoms with E-state index in [0.717, 1.165) is 11.3 Å². The second-order valence-electron chi connectivity index (χ2n) is 3.81. The molecule has 2 rings (SSSR count). The van der Waals surface area contributed by atoms with Crippen LogP contribution >= 0.6 is 0 Å². The molecule has 1 aromatic carbocycles. The SMILES string of the molecule is CN1N=C(c2ccc(N)c(N)c2)CCC1=O. The first-order valence-electron chi connectivity index (χ1n) is 5.07. The lowest BCUT2D eigenvalue weighted by molar-refractivity contribution is -0.130. The summed E-state index contributed by atoms with van der Waals surface area (Å²) in [5.74, 6) is 0.0344. The molecule has 1 aliphatic heterocycles. The Kier molecular flexibility index (Phi) is 2.52. The molecular formula is C11H14N4O. The number of hydrogen-bond acceptors (Lipinski definition) is 4. The lowest BCUT2D eigenvalue weighted by atomic mass is 10.0. The summed E-state index contributed by atoms with van der Waals surface area (Å²) in [5.41, 5.74) is 14.3. The fourth-order valence-electron chi connectivity index (χ4n) is 1.63. The number of amides is 1. The van der Waals surface area contributed by atoms with Gasteiger partial charge in [0.2, 0.25) is 5.91 Å². The highest BCUT2D eigenvalue weighted by Crippen LogP contribution is 2.20. The first kappa shape index (κ1) is 10.5. The minimum Gasteiger partial charge on any atom is -0.397 e. The zero-order valence-electron chi connectivity index (χ0n) is 9.10. The number of nitrogen functional groups attached to an aromatic ring is 2. The van der Waals surface area contributed by atoms with Gasteiger partial charge in [-0.3, -0.25) is 4.79 Å². The molecule has 0 fully saturated rings. The van der Waals surface area contributed by atoms with Gasteiger partial charge in [0.05, 0.1) is 17.1 Å². The molecule has 84 valence electrons. The summed E-state index contributed by atoms with van der Waals surface area (Å²) < 4.78 is 0. The number of hydrazone groups is 1. The summed E-state index contributed by atoms with van der Waals surface area (Å²) in [6, 6.07) is 5.41. The molecule has 1 amide bonds. The molecule has 16 heavy (non-hydrogen) atoms. The molecule has 4 N–H and O–H groups in total. The van der Waals surface area contributed by atoms with Gasteiger partial charge in [0.15, 0.2) is 0 Å². The summed E-state index contributed by atoms with van der Waals surface area (Å²) >= 11 is 0. The zero-order valence-corrected chi connectivity index (χ0v) is 9.10. The second kappa shape index (κ2) is 3.84. The van der Waals surface area contributed by atoms with Crippen LogP contribution in [0.25, 0.3) is 0 Å². The Labute approximate surface area is 93.7 Å². The predicted molar refractivity (Wildman–Crippen MR) is 63.8 cm³/mol. The first-order valence-corrected chi connectivity index (χ1v) is 5.07. The maximum absolute atomic E-state index is 11.3. The van der Waals surface area contributed by atoms with Crippen molar-refractivity contribution in [2.75, 3.05) is 18.5 Å². The van der Waals surface area contributed by atoms with Gasteiger partial charge in [0.1, 0.15) is 0 Å². The number of nitrogens with zero attached hydrogens (tertiary/aromatic N) is 2. The van der Waals surface area contributed by atoms with Gasteiger partial charge in [-0.25, -0.2) is 5.01 Å². The number of carbonyl (C=O) groups is 1. The second-order valence-corrected chi connectivity index (χ2v) is 3.81. The van der Waals surface area contributed by atoms with Crippen molar-refractivity contribution in [2.24, 2.45) is 5.10 Å². The highest BCUT2D eigenvalue weighted by Gasteiger charge is 2.18. The lowest BCUT2D eigenvalue weighted by Crippen LogP contribution is -2.28. The number of carbonyl (C=O) groups excluding carboxylic acids is 1. The Morgan fingerprint density at radius 2 is 2.00 bits per heavy atom. The molecule has 1 aromatic rings. The molecule has 5 nitrogen and oxygen atoms in total. The highest BCUT2D eigenvalue weighted by atomic mass is 16.2. The van der Waals surface area contributed by atoms with Crippen LogP contribution in [0.15, 0.2) is 23.3 Å². The molecule has 0 aromatic heterocycles. The van der Waals surface area contributed by atoms with Gasteiger partial charge >= 0.3 is 0 Å². The Morgan fingerprint density at radius 3 is 2.62 bits per heavy atom. The summed E-state index contributed by atoms with van der Waals surface area (Å²) in [6.45, 7) is 0. The Morgan fingerprint density at radius 1 is 1.25 bits per heavy atom. The van der Waals surface area contributed by atoms with Gasteiger partial charge in [-0.1, -0.05) is 6.07 Å². The lowest BCUT2D eigenvalue weighted by Gasteiger charge is -2.19. The number of benzene rings is 1. The predicted octanol–water partition coefficient (Wildman–Crippen LogP) is 0.807. The van der Waals surface area contributed by atoms with E-state index in [2.05, 4.69) is 5.10 Å². The van der Waals surface area contributed by atoms with Crippen molar-refractivity contribution < 1.29 is 4.79 Å². The third-order valence-corrected chi connectivity index (χ3v) is 2.63. The quantitative estimate of drug-likeness (QED) is 0.684. The third-order valence-electron chi connectivity index (χ3n) is 2.63. The number of rotatable bonds is 1. The van der Waals surface area contributed by atoms with Crippen LogP contribution in [0.5, 0.6) is 0 Å². The van der Waals surface area contributed by atoms with Crippen molar-refractivity contribution in [2.45, 2.75) is 12.8 Å². The van der Waals surface area contributed by atoms with Gasteiger partial charge in [-0.15, -0.1) is 0 Å². The van der Waals surface area contributed by atoms with E-state index in [0.29, 0.717) is 24.2 Å². The van der Waals surface area contributed by atoms with Gasteiger partial charge in [0, 0.05) is 19.9 Å². The Balaban J connectivity index is 2.34. The van der Waals surface area contributed by atoms with Crippen molar-refractivity contribution in [3.63, 3.8) is 0 Å². The monoisotopic (exact) mass is 218 g/mol. The minimum absolute atomic E-state index is 0.0344. The van der Waals surface area contributed by atoms with Crippen LogP contribution in [0.2, 0.25) is 0 Å². The minimum atomic E-state index is 0.0344. The van der Waals surface area contributed by atoms with Gasteiger partial charge in [0.25, 0.3) is 0 Å². The fraction of sp³-hybridized carbons (Fsp3) is 0.273. The zero-order chi connectivity index (χ0) is 11.7. The van der Waals surface area contributed by atoms with E-state index in [9.17, 15) is 4.79 Å². The molecule has 5 heteroatoms. The van der Waals surface area contributed by atoms with Crippen molar-refractivity contribution >= 4 is 23.0 Å². The molecule has 0 bridgehead atoms. The standard InChI is InChI=1S/C11H14N4O/c1-15-11(16)5-4-10(14-15)7-2-3-8(12)9(13)6-7/h2-3,6H,4-5,12-13H2,1H3. The molecule has 0 saturated carbocycles. The third kappa shape index (κ3) is 1.84. The van der Waals surface area contributed by atoms with Crippen LogP contribution in [0.3, 0.4) is 0 Å². The largest absolute Gasteiger partial charge is 0.397 e. The molecule has 0 unspecified atom stereocenters. The van der Waals surface area contributed by atoms with Gasteiger partial charge in [-0.05, 0) is 17.7 Å². The average molecular weight is 218 g/mol. The van der Waals surface area contributed by atoms with E-state index in [1.807, 2.05) is 6.07 Å². The molecule has 0 atom stereocenters. The van der Waals surface area contributed by atoms with E-state index in [-0.39, 0.29) is 5.91 Å². The van der Waals surface area contributed by atoms with Crippen molar-refractivity contribution in [3.8, 4) is 0 Å². The molecule has 1 heterocycles. The van der Waals surface area contributed by atoms with E-state index in [1.165, 1.54) is 5.01 Å². The normalized spacial score (nSPS) is 16.2. The van der Waals surface area contributed by atoms with E-state index >= 15 is 0 Å². The topological polar surface area (TPSA) is 84.7 Å². The molecule has 0 radical (unpaired) electrons. The fourth-order valence-corrected chi connectivity index (χ4v) is 1.63. The average Bonchev–Trinajstić information content (AvgIpc) is 2.26. The van der Waals surface area contributed by atoms with Gasteiger partial charge < -0.3 is 11.5 Å². The smallest absolute Gasteiger partial charge is 0.242 e. The Hall–Kier alpha value is -2.04.